The molecule has 0 aromatic rings. The van der Waals surface area contributed by atoms with Gasteiger partial charge in [-0.3, -0.25) is 0 Å². The van der Waals surface area contributed by atoms with E-state index in [9.17, 15) is 5.11 Å². The topological polar surface area (TPSA) is 32.3 Å². The van der Waals surface area contributed by atoms with Gasteiger partial charge in [0.25, 0.3) is 0 Å². The van der Waals surface area contributed by atoms with Crippen molar-refractivity contribution in [3.8, 4) is 0 Å². The Balaban J connectivity index is 2.13. The van der Waals surface area contributed by atoms with Gasteiger partial charge in [0, 0.05) is 12.6 Å². The molecule has 1 unspecified atom stereocenters. The molecule has 0 amide bonds. The van der Waals surface area contributed by atoms with Crippen molar-refractivity contribution in [3.05, 3.63) is 0 Å². The number of aliphatic hydroxyl groups is 1. The van der Waals surface area contributed by atoms with Crippen molar-refractivity contribution >= 4 is 0 Å². The third-order valence-corrected chi connectivity index (χ3v) is 2.18. The zero-order valence-electron chi connectivity index (χ0n) is 7.72. The van der Waals surface area contributed by atoms with Gasteiger partial charge in [-0.25, -0.2) is 0 Å². The van der Waals surface area contributed by atoms with Gasteiger partial charge >= 0.3 is 0 Å². The number of aliphatic hydroxyl groups excluding tert-OH is 1. The fraction of sp³-hybridized carbons (Fsp3) is 1.00. The lowest BCUT2D eigenvalue weighted by Crippen LogP contribution is -2.37. The maximum Gasteiger partial charge on any atom is 0.0712 e. The van der Waals surface area contributed by atoms with E-state index in [0.29, 0.717) is 6.04 Å². The van der Waals surface area contributed by atoms with Crippen LogP contribution in [0.2, 0.25) is 0 Å². The lowest BCUT2D eigenvalue weighted by Gasteiger charge is -2.25. The van der Waals surface area contributed by atoms with Gasteiger partial charge in [0.15, 0.2) is 0 Å². The summed E-state index contributed by atoms with van der Waals surface area (Å²) in [5, 5.41) is 12.9. The van der Waals surface area contributed by atoms with E-state index < -0.39 is 0 Å². The molecule has 66 valence electrons. The maximum absolute atomic E-state index is 9.60. The molecule has 0 aromatic carbocycles. The van der Waals surface area contributed by atoms with Crippen molar-refractivity contribution in [2.75, 3.05) is 6.54 Å². The Bertz CT molecular complexity index is 124. The Kier molecular flexibility index (Phi) is 2.55. The summed E-state index contributed by atoms with van der Waals surface area (Å²) in [7, 11) is 0. The molecule has 0 heterocycles. The molecular weight excluding hydrogens is 138 g/mol. The van der Waals surface area contributed by atoms with Crippen molar-refractivity contribution in [2.45, 2.75) is 45.8 Å². The van der Waals surface area contributed by atoms with Crippen LogP contribution >= 0.6 is 0 Å². The molecule has 2 nitrogen and oxygen atoms in total. The Labute approximate surface area is 69.0 Å². The first kappa shape index (κ1) is 9.01. The molecule has 1 fully saturated rings. The van der Waals surface area contributed by atoms with Gasteiger partial charge in [-0.05, 0) is 18.3 Å². The highest BCUT2D eigenvalue weighted by molar-refractivity contribution is 4.84. The van der Waals surface area contributed by atoms with Crippen molar-refractivity contribution < 1.29 is 5.11 Å². The van der Waals surface area contributed by atoms with Gasteiger partial charge in [0.1, 0.15) is 0 Å². The Hall–Kier alpha value is -0.0800. The fourth-order valence-electron chi connectivity index (χ4n) is 0.872. The molecule has 1 aliphatic carbocycles. The van der Waals surface area contributed by atoms with Crippen LogP contribution in [0.3, 0.4) is 0 Å². The predicted molar refractivity (Wildman–Crippen MR) is 46.5 cm³/mol. The molecule has 1 atom stereocenters. The van der Waals surface area contributed by atoms with Crippen LogP contribution in [0.15, 0.2) is 0 Å². The summed E-state index contributed by atoms with van der Waals surface area (Å²) in [6.45, 7) is 6.93. The van der Waals surface area contributed by atoms with Crippen molar-refractivity contribution in [2.24, 2.45) is 5.41 Å². The maximum atomic E-state index is 9.60. The number of rotatable bonds is 3. The van der Waals surface area contributed by atoms with Gasteiger partial charge in [-0.1, -0.05) is 20.8 Å². The zero-order chi connectivity index (χ0) is 8.48. The Morgan fingerprint density at radius 3 is 2.36 bits per heavy atom. The van der Waals surface area contributed by atoms with Gasteiger partial charge in [-0.15, -0.1) is 0 Å². The minimum atomic E-state index is -0.219. The van der Waals surface area contributed by atoms with E-state index in [1.807, 2.05) is 0 Å². The molecule has 1 saturated carbocycles. The third kappa shape index (κ3) is 3.21. The standard InChI is InChI=1S/C9H19NO/c1-9(2,3)8(11)6-10-7-4-5-7/h7-8,10-11H,4-6H2,1-3H3. The van der Waals surface area contributed by atoms with Crippen molar-refractivity contribution in [1.82, 2.24) is 5.32 Å². The summed E-state index contributed by atoms with van der Waals surface area (Å²) in [6.07, 6.45) is 2.36. The van der Waals surface area contributed by atoms with Crippen LogP contribution in [0, 0.1) is 5.41 Å². The predicted octanol–water partition coefficient (Wildman–Crippen LogP) is 1.15. The summed E-state index contributed by atoms with van der Waals surface area (Å²) >= 11 is 0. The summed E-state index contributed by atoms with van der Waals surface area (Å²) < 4.78 is 0. The highest BCUT2D eigenvalue weighted by atomic mass is 16.3. The Morgan fingerprint density at radius 2 is 2.00 bits per heavy atom. The second-order valence-corrected chi connectivity index (χ2v) is 4.56. The van der Waals surface area contributed by atoms with E-state index in [1.54, 1.807) is 0 Å². The van der Waals surface area contributed by atoms with Crippen LogP contribution < -0.4 is 5.32 Å². The summed E-state index contributed by atoms with van der Waals surface area (Å²) in [5.74, 6) is 0. The SMILES string of the molecule is CC(C)(C)C(O)CNC1CC1. The molecule has 0 spiro atoms. The van der Waals surface area contributed by atoms with Crippen LogP contribution in [0.1, 0.15) is 33.6 Å². The first-order chi connectivity index (χ1) is 5.00. The van der Waals surface area contributed by atoms with E-state index in [0.717, 1.165) is 6.54 Å². The van der Waals surface area contributed by atoms with Crippen LogP contribution in [-0.2, 0) is 0 Å². The quantitative estimate of drug-likeness (QED) is 0.644. The molecule has 0 aromatic heterocycles. The van der Waals surface area contributed by atoms with Crippen LogP contribution in [0.4, 0.5) is 0 Å². The zero-order valence-corrected chi connectivity index (χ0v) is 7.72. The van der Waals surface area contributed by atoms with Gasteiger partial charge in [-0.2, -0.15) is 0 Å². The second-order valence-electron chi connectivity index (χ2n) is 4.56. The smallest absolute Gasteiger partial charge is 0.0712 e. The summed E-state index contributed by atoms with van der Waals surface area (Å²) in [4.78, 5) is 0. The van der Waals surface area contributed by atoms with E-state index in [4.69, 9.17) is 0 Å². The van der Waals surface area contributed by atoms with Crippen LogP contribution in [0.5, 0.6) is 0 Å². The largest absolute Gasteiger partial charge is 0.391 e. The average molecular weight is 157 g/mol. The van der Waals surface area contributed by atoms with E-state index in [-0.39, 0.29) is 11.5 Å². The highest BCUT2D eigenvalue weighted by Crippen LogP contribution is 2.21. The number of hydrogen-bond acceptors (Lipinski definition) is 2. The summed E-state index contributed by atoms with van der Waals surface area (Å²) in [6, 6.07) is 0.701. The van der Waals surface area contributed by atoms with Gasteiger partial charge < -0.3 is 10.4 Å². The van der Waals surface area contributed by atoms with Crippen molar-refractivity contribution in [1.29, 1.82) is 0 Å². The molecule has 2 heteroatoms. The monoisotopic (exact) mass is 157 g/mol. The summed E-state index contributed by atoms with van der Waals surface area (Å²) in [5.41, 5.74) is 0.0158. The molecule has 0 aliphatic heterocycles. The highest BCUT2D eigenvalue weighted by Gasteiger charge is 2.26. The lowest BCUT2D eigenvalue weighted by atomic mass is 9.89. The lowest BCUT2D eigenvalue weighted by molar-refractivity contribution is 0.0627. The van der Waals surface area contributed by atoms with Crippen molar-refractivity contribution in [3.63, 3.8) is 0 Å². The van der Waals surface area contributed by atoms with Gasteiger partial charge in [0.2, 0.25) is 0 Å². The second kappa shape index (κ2) is 3.11. The minimum Gasteiger partial charge on any atom is -0.391 e. The first-order valence-corrected chi connectivity index (χ1v) is 4.41. The molecule has 0 bridgehead atoms. The normalized spacial score (nSPS) is 21.8. The van der Waals surface area contributed by atoms with E-state index in [2.05, 4.69) is 26.1 Å². The molecule has 0 radical (unpaired) electrons. The molecular formula is C9H19NO. The van der Waals surface area contributed by atoms with E-state index >= 15 is 0 Å². The van der Waals surface area contributed by atoms with Crippen LogP contribution in [-0.4, -0.2) is 23.8 Å². The molecule has 11 heavy (non-hydrogen) atoms. The number of nitrogens with one attached hydrogen (secondary N) is 1. The van der Waals surface area contributed by atoms with Gasteiger partial charge in [0.05, 0.1) is 6.10 Å². The average Bonchev–Trinajstić information content (AvgIpc) is 2.62. The van der Waals surface area contributed by atoms with Crippen LogP contribution in [0.25, 0.3) is 0 Å². The number of hydrogen-bond donors (Lipinski definition) is 2. The molecule has 1 aliphatic rings. The third-order valence-electron chi connectivity index (χ3n) is 2.18. The minimum absolute atomic E-state index is 0.0158. The molecule has 0 saturated heterocycles. The Morgan fingerprint density at radius 1 is 1.45 bits per heavy atom. The molecule has 2 N–H and O–H groups in total. The molecule has 1 rings (SSSR count). The van der Waals surface area contributed by atoms with E-state index in [1.165, 1.54) is 12.8 Å². The first-order valence-electron chi connectivity index (χ1n) is 4.41. The fourth-order valence-corrected chi connectivity index (χ4v) is 0.872.